The minimum atomic E-state index is -0.904. The highest BCUT2D eigenvalue weighted by Crippen LogP contribution is 2.29. The van der Waals surface area contributed by atoms with Gasteiger partial charge in [-0.3, -0.25) is 9.36 Å². The van der Waals surface area contributed by atoms with Gasteiger partial charge in [-0.2, -0.15) is 0 Å². The van der Waals surface area contributed by atoms with Crippen LogP contribution in [0.1, 0.15) is 29.8 Å². The summed E-state index contributed by atoms with van der Waals surface area (Å²) < 4.78 is 1.71. The normalized spacial score (nSPS) is 12.5. The van der Waals surface area contributed by atoms with E-state index in [0.717, 1.165) is 23.2 Å². The van der Waals surface area contributed by atoms with Crippen molar-refractivity contribution in [3.63, 3.8) is 0 Å². The predicted molar refractivity (Wildman–Crippen MR) is 78.1 cm³/mol. The lowest BCUT2D eigenvalue weighted by molar-refractivity contribution is -0.133. The van der Waals surface area contributed by atoms with Crippen LogP contribution in [0.25, 0.3) is 0 Å². The summed E-state index contributed by atoms with van der Waals surface area (Å²) >= 11 is 2.71. The van der Waals surface area contributed by atoms with Crippen molar-refractivity contribution in [3.05, 3.63) is 16.1 Å². The summed E-state index contributed by atoms with van der Waals surface area (Å²) in [5, 5.41) is 17.9. The van der Waals surface area contributed by atoms with E-state index in [2.05, 4.69) is 22.1 Å². The highest BCUT2D eigenvalue weighted by Gasteiger charge is 2.20. The lowest BCUT2D eigenvalue weighted by atomic mass is 10.3. The summed E-state index contributed by atoms with van der Waals surface area (Å²) in [7, 11) is 0. The Kier molecular flexibility index (Phi) is 4.61. The predicted octanol–water partition coefficient (Wildman–Crippen LogP) is 1.67. The number of aliphatic carboxylic acids is 1. The van der Waals surface area contributed by atoms with Crippen LogP contribution < -0.4 is 5.73 Å². The summed E-state index contributed by atoms with van der Waals surface area (Å²) in [6.45, 7) is 4.02. The van der Waals surface area contributed by atoms with Gasteiger partial charge in [-0.15, -0.1) is 21.5 Å². The highest BCUT2D eigenvalue weighted by atomic mass is 32.2. The molecule has 0 aliphatic heterocycles. The molecule has 0 bridgehead atoms. The molecule has 0 radical (unpaired) electrons. The van der Waals surface area contributed by atoms with Gasteiger partial charge in [0.05, 0.1) is 11.8 Å². The number of anilines is 1. The molecule has 7 nitrogen and oxygen atoms in total. The Bertz CT molecular complexity index is 610. The molecule has 0 aromatic carbocycles. The molecule has 0 amide bonds. The van der Waals surface area contributed by atoms with Crippen molar-refractivity contribution < 1.29 is 9.90 Å². The van der Waals surface area contributed by atoms with E-state index in [1.807, 2.05) is 13.1 Å². The van der Waals surface area contributed by atoms with Crippen molar-refractivity contribution in [2.24, 2.45) is 0 Å². The number of rotatable bonds is 6. The lowest BCUT2D eigenvalue weighted by Gasteiger charge is -2.13. The first kappa shape index (κ1) is 14.8. The molecule has 2 heterocycles. The van der Waals surface area contributed by atoms with Crippen molar-refractivity contribution in [3.8, 4) is 0 Å². The number of nitrogens with zero attached hydrogens (tertiary/aromatic N) is 4. The zero-order chi connectivity index (χ0) is 14.7. The molecule has 9 heteroatoms. The average molecular weight is 313 g/mol. The van der Waals surface area contributed by atoms with E-state index >= 15 is 0 Å². The molecule has 1 unspecified atom stereocenters. The summed E-state index contributed by atoms with van der Waals surface area (Å²) in [5.41, 5.74) is 5.83. The van der Waals surface area contributed by atoms with Crippen LogP contribution in [0.15, 0.2) is 11.4 Å². The van der Waals surface area contributed by atoms with Gasteiger partial charge >= 0.3 is 5.97 Å². The molecule has 0 fully saturated rings. The number of carboxylic acid groups (broad SMARTS) is 1. The van der Waals surface area contributed by atoms with Gasteiger partial charge in [0.15, 0.2) is 5.16 Å². The standard InChI is InChI=1S/C11H15N5O2S2/c1-3-7-4-13-9(20-7)6(2)16-10(12)14-15-11(16)19-5-8(17)18/h4,6H,3,5H2,1-2H3,(H2,12,14)(H,17,18). The van der Waals surface area contributed by atoms with E-state index in [9.17, 15) is 4.79 Å². The first-order chi connectivity index (χ1) is 9.52. The molecular formula is C11H15N5O2S2. The molecule has 0 saturated carbocycles. The zero-order valence-electron chi connectivity index (χ0n) is 11.1. The van der Waals surface area contributed by atoms with Gasteiger partial charge < -0.3 is 10.8 Å². The van der Waals surface area contributed by atoms with Crippen LogP contribution in [-0.4, -0.2) is 36.6 Å². The van der Waals surface area contributed by atoms with E-state index in [-0.39, 0.29) is 17.7 Å². The maximum absolute atomic E-state index is 10.7. The topological polar surface area (TPSA) is 107 Å². The van der Waals surface area contributed by atoms with Crippen molar-refractivity contribution in [1.29, 1.82) is 0 Å². The molecular weight excluding hydrogens is 298 g/mol. The Labute approximate surface area is 124 Å². The fraction of sp³-hybridized carbons (Fsp3) is 0.455. The Morgan fingerprint density at radius 1 is 1.60 bits per heavy atom. The number of thiazole rings is 1. The average Bonchev–Trinajstić information content (AvgIpc) is 3.02. The van der Waals surface area contributed by atoms with Crippen molar-refractivity contribution in [2.75, 3.05) is 11.5 Å². The summed E-state index contributed by atoms with van der Waals surface area (Å²) in [5.74, 6) is -0.722. The Hall–Kier alpha value is -1.61. The fourth-order valence-corrected chi connectivity index (χ4v) is 3.31. The largest absolute Gasteiger partial charge is 0.481 e. The van der Waals surface area contributed by atoms with E-state index in [4.69, 9.17) is 10.8 Å². The molecule has 2 aromatic rings. The minimum absolute atomic E-state index is 0.0804. The van der Waals surface area contributed by atoms with Gasteiger partial charge in [-0.25, -0.2) is 4.98 Å². The van der Waals surface area contributed by atoms with Gasteiger partial charge in [0.1, 0.15) is 5.01 Å². The summed E-state index contributed by atoms with van der Waals surface area (Å²) in [6, 6.07) is -0.119. The van der Waals surface area contributed by atoms with Crippen LogP contribution in [0.5, 0.6) is 0 Å². The minimum Gasteiger partial charge on any atom is -0.481 e. The van der Waals surface area contributed by atoms with Crippen LogP contribution in [-0.2, 0) is 11.2 Å². The number of aromatic nitrogens is 4. The second-order valence-electron chi connectivity index (χ2n) is 4.09. The fourth-order valence-electron chi connectivity index (χ4n) is 1.67. The van der Waals surface area contributed by atoms with Crippen LogP contribution in [0.3, 0.4) is 0 Å². The first-order valence-electron chi connectivity index (χ1n) is 6.02. The number of carboxylic acids is 1. The Balaban J connectivity index is 2.26. The summed E-state index contributed by atoms with van der Waals surface area (Å²) in [4.78, 5) is 16.2. The molecule has 3 N–H and O–H groups in total. The third-order valence-corrected chi connectivity index (χ3v) is 4.92. The number of carbonyl (C=O) groups is 1. The van der Waals surface area contributed by atoms with E-state index in [1.54, 1.807) is 15.9 Å². The SMILES string of the molecule is CCc1cnc(C(C)n2c(N)nnc2SCC(=O)O)s1. The first-order valence-corrected chi connectivity index (χ1v) is 7.82. The van der Waals surface area contributed by atoms with Crippen LogP contribution in [0, 0.1) is 0 Å². The third kappa shape index (κ3) is 3.10. The number of nitrogen functional groups attached to an aromatic ring is 1. The van der Waals surface area contributed by atoms with Gasteiger partial charge in [-0.05, 0) is 13.3 Å². The van der Waals surface area contributed by atoms with Crippen LogP contribution >= 0.6 is 23.1 Å². The third-order valence-electron chi connectivity index (χ3n) is 2.68. The second kappa shape index (κ2) is 6.23. The maximum atomic E-state index is 10.7. The second-order valence-corrected chi connectivity index (χ2v) is 6.18. The zero-order valence-corrected chi connectivity index (χ0v) is 12.7. The Morgan fingerprint density at radius 3 is 2.95 bits per heavy atom. The molecule has 0 aliphatic rings. The van der Waals surface area contributed by atoms with E-state index in [1.165, 1.54) is 4.88 Å². The van der Waals surface area contributed by atoms with E-state index in [0.29, 0.717) is 5.16 Å². The van der Waals surface area contributed by atoms with Gasteiger partial charge in [-0.1, -0.05) is 18.7 Å². The molecule has 0 saturated heterocycles. The molecule has 2 aromatic heterocycles. The number of hydrogen-bond donors (Lipinski definition) is 2. The lowest BCUT2D eigenvalue weighted by Crippen LogP contribution is -2.12. The molecule has 2 rings (SSSR count). The van der Waals surface area contributed by atoms with Crippen molar-refractivity contribution >= 4 is 35.0 Å². The molecule has 20 heavy (non-hydrogen) atoms. The molecule has 1 atom stereocenters. The number of nitrogens with two attached hydrogens (primary N) is 1. The van der Waals surface area contributed by atoms with Gasteiger partial charge in [0.2, 0.25) is 5.95 Å². The molecule has 0 aliphatic carbocycles. The molecule has 0 spiro atoms. The number of thioether (sulfide) groups is 1. The van der Waals surface area contributed by atoms with Crippen LogP contribution in [0.2, 0.25) is 0 Å². The van der Waals surface area contributed by atoms with Crippen molar-refractivity contribution in [2.45, 2.75) is 31.5 Å². The number of aryl methyl sites for hydroxylation is 1. The van der Waals surface area contributed by atoms with Gasteiger partial charge in [0.25, 0.3) is 0 Å². The maximum Gasteiger partial charge on any atom is 0.313 e. The molecule has 108 valence electrons. The van der Waals surface area contributed by atoms with Crippen molar-refractivity contribution in [1.82, 2.24) is 19.7 Å². The number of hydrogen-bond acceptors (Lipinski definition) is 7. The monoisotopic (exact) mass is 313 g/mol. The van der Waals surface area contributed by atoms with E-state index < -0.39 is 5.97 Å². The highest BCUT2D eigenvalue weighted by molar-refractivity contribution is 7.99. The Morgan fingerprint density at radius 2 is 2.35 bits per heavy atom. The quantitative estimate of drug-likeness (QED) is 0.781. The van der Waals surface area contributed by atoms with Gasteiger partial charge in [0, 0.05) is 11.1 Å². The van der Waals surface area contributed by atoms with Crippen LogP contribution in [0.4, 0.5) is 5.95 Å². The summed E-state index contributed by atoms with van der Waals surface area (Å²) in [6.07, 6.45) is 2.78. The smallest absolute Gasteiger partial charge is 0.313 e.